The van der Waals surface area contributed by atoms with E-state index in [1.165, 1.54) is 0 Å². The predicted molar refractivity (Wildman–Crippen MR) is 53.2 cm³/mol. The lowest BCUT2D eigenvalue weighted by Gasteiger charge is -2.40. The first kappa shape index (κ1) is 14.0. The number of hydrogen-bond donors (Lipinski definition) is 5. The van der Waals surface area contributed by atoms with Gasteiger partial charge in [-0.3, -0.25) is 5.32 Å². The first-order valence-corrected chi connectivity index (χ1v) is 5.58. The third-order valence-corrected chi connectivity index (χ3v) is 3.18. The highest BCUT2D eigenvalue weighted by Crippen LogP contribution is 2.38. The SMILES string of the molecule is OCC1OC(N2CC[C@@H](O)NC2O)C(F)(F)[C@@H]1O. The molecule has 2 aliphatic rings. The molecule has 9 heteroatoms. The molecule has 18 heavy (non-hydrogen) atoms. The van der Waals surface area contributed by atoms with Gasteiger partial charge in [-0.05, 0) is 6.42 Å². The normalized spacial score (nSPS) is 45.3. The molecule has 0 aromatic rings. The maximum absolute atomic E-state index is 13.8. The van der Waals surface area contributed by atoms with Crippen molar-refractivity contribution >= 4 is 0 Å². The molecule has 5 atom stereocenters. The lowest BCUT2D eigenvalue weighted by atomic mass is 10.1. The fourth-order valence-corrected chi connectivity index (χ4v) is 2.16. The predicted octanol–water partition coefficient (Wildman–Crippen LogP) is -2.41. The first-order valence-electron chi connectivity index (χ1n) is 5.58. The number of nitrogens with one attached hydrogen (secondary N) is 1. The van der Waals surface area contributed by atoms with E-state index in [1.54, 1.807) is 0 Å². The molecule has 2 saturated heterocycles. The fraction of sp³-hybridized carbons (Fsp3) is 1.00. The van der Waals surface area contributed by atoms with Crippen LogP contribution in [0.1, 0.15) is 6.42 Å². The molecule has 0 saturated carbocycles. The quantitative estimate of drug-likeness (QED) is 0.380. The molecular weight excluding hydrogens is 254 g/mol. The van der Waals surface area contributed by atoms with Crippen LogP contribution in [0, 0.1) is 0 Å². The van der Waals surface area contributed by atoms with Gasteiger partial charge in [-0.2, -0.15) is 8.78 Å². The molecule has 7 nitrogen and oxygen atoms in total. The number of nitrogens with zero attached hydrogens (tertiary/aromatic N) is 1. The van der Waals surface area contributed by atoms with Gasteiger partial charge in [0.2, 0.25) is 0 Å². The number of ether oxygens (including phenoxy) is 1. The van der Waals surface area contributed by atoms with E-state index in [9.17, 15) is 24.1 Å². The molecule has 0 spiro atoms. The summed E-state index contributed by atoms with van der Waals surface area (Å²) in [5.74, 6) is -3.61. The highest BCUT2D eigenvalue weighted by atomic mass is 19.3. The first-order chi connectivity index (χ1) is 8.37. The van der Waals surface area contributed by atoms with Crippen LogP contribution in [0.25, 0.3) is 0 Å². The van der Waals surface area contributed by atoms with Crippen molar-refractivity contribution in [3.05, 3.63) is 0 Å². The van der Waals surface area contributed by atoms with Crippen molar-refractivity contribution in [1.82, 2.24) is 10.2 Å². The van der Waals surface area contributed by atoms with Crippen LogP contribution in [0.5, 0.6) is 0 Å². The molecule has 106 valence electrons. The number of alkyl halides is 2. The van der Waals surface area contributed by atoms with Crippen LogP contribution in [0.4, 0.5) is 8.78 Å². The minimum Gasteiger partial charge on any atom is -0.394 e. The van der Waals surface area contributed by atoms with Gasteiger partial charge in [0.15, 0.2) is 12.6 Å². The number of aliphatic hydroxyl groups is 4. The number of aliphatic hydroxyl groups excluding tert-OH is 4. The van der Waals surface area contributed by atoms with Gasteiger partial charge in [-0.1, -0.05) is 0 Å². The molecule has 0 aliphatic carbocycles. The molecule has 0 bridgehead atoms. The lowest BCUT2D eigenvalue weighted by Crippen LogP contribution is -2.62. The molecule has 2 rings (SSSR count). The van der Waals surface area contributed by atoms with Crippen LogP contribution in [-0.2, 0) is 4.74 Å². The van der Waals surface area contributed by atoms with Gasteiger partial charge in [0, 0.05) is 6.54 Å². The van der Waals surface area contributed by atoms with Crippen molar-refractivity contribution < 1.29 is 33.9 Å². The number of rotatable bonds is 2. The van der Waals surface area contributed by atoms with Gasteiger partial charge < -0.3 is 25.2 Å². The smallest absolute Gasteiger partial charge is 0.314 e. The van der Waals surface area contributed by atoms with Crippen molar-refractivity contribution in [2.75, 3.05) is 13.2 Å². The lowest BCUT2D eigenvalue weighted by molar-refractivity contribution is -0.228. The molecule has 0 aromatic carbocycles. The van der Waals surface area contributed by atoms with Crippen LogP contribution in [0.2, 0.25) is 0 Å². The zero-order chi connectivity index (χ0) is 13.5. The van der Waals surface area contributed by atoms with Crippen molar-refractivity contribution in [3.63, 3.8) is 0 Å². The van der Waals surface area contributed by atoms with Crippen LogP contribution >= 0.6 is 0 Å². The Labute approximate surface area is 102 Å². The van der Waals surface area contributed by atoms with E-state index >= 15 is 0 Å². The third-order valence-electron chi connectivity index (χ3n) is 3.18. The summed E-state index contributed by atoms with van der Waals surface area (Å²) in [6.45, 7) is -0.770. The van der Waals surface area contributed by atoms with Crippen molar-refractivity contribution in [3.8, 4) is 0 Å². The van der Waals surface area contributed by atoms with Gasteiger partial charge in [0.1, 0.15) is 18.4 Å². The summed E-state index contributed by atoms with van der Waals surface area (Å²) in [5, 5.41) is 39.2. The molecule has 2 fully saturated rings. The third kappa shape index (κ3) is 2.23. The Balaban J connectivity index is 2.13. The van der Waals surface area contributed by atoms with Crippen LogP contribution in [0.15, 0.2) is 0 Å². The molecule has 5 N–H and O–H groups in total. The van der Waals surface area contributed by atoms with E-state index in [0.717, 1.165) is 4.90 Å². The topological polar surface area (TPSA) is 105 Å². The van der Waals surface area contributed by atoms with Crippen LogP contribution in [0.3, 0.4) is 0 Å². The highest BCUT2D eigenvalue weighted by Gasteiger charge is 2.61. The van der Waals surface area contributed by atoms with E-state index in [1.807, 2.05) is 0 Å². The van der Waals surface area contributed by atoms with Crippen molar-refractivity contribution in [2.24, 2.45) is 0 Å². The average Bonchev–Trinajstić information content (AvgIpc) is 2.52. The summed E-state index contributed by atoms with van der Waals surface area (Å²) in [7, 11) is 0. The molecule has 3 unspecified atom stereocenters. The zero-order valence-electron chi connectivity index (χ0n) is 9.41. The van der Waals surface area contributed by atoms with E-state index < -0.39 is 43.5 Å². The minimum absolute atomic E-state index is 0.0273. The molecular formula is C9H16F2N2O5. The summed E-state index contributed by atoms with van der Waals surface area (Å²) in [5.41, 5.74) is 0. The Morgan fingerprint density at radius 2 is 2.00 bits per heavy atom. The summed E-state index contributed by atoms with van der Waals surface area (Å²) in [4.78, 5) is 0.894. The monoisotopic (exact) mass is 270 g/mol. The Bertz CT molecular complexity index is 309. The second-order valence-corrected chi connectivity index (χ2v) is 4.41. The second-order valence-electron chi connectivity index (χ2n) is 4.41. The van der Waals surface area contributed by atoms with Gasteiger partial charge in [-0.25, -0.2) is 4.90 Å². The van der Waals surface area contributed by atoms with E-state index in [-0.39, 0.29) is 13.0 Å². The number of halogens is 2. The standard InChI is InChI=1S/C9H16F2N2O5/c10-9(11)6(16)4(3-14)18-7(9)13-2-1-5(15)12-8(13)17/h4-8,12,14-17H,1-3H2/t4?,5-,6-,7?,8?/m1/s1. The van der Waals surface area contributed by atoms with E-state index in [0.29, 0.717) is 0 Å². The van der Waals surface area contributed by atoms with E-state index in [2.05, 4.69) is 5.32 Å². The van der Waals surface area contributed by atoms with Gasteiger partial charge in [-0.15, -0.1) is 0 Å². The highest BCUT2D eigenvalue weighted by molar-refractivity contribution is 4.97. The summed E-state index contributed by atoms with van der Waals surface area (Å²) in [6, 6.07) is 0. The second kappa shape index (κ2) is 4.93. The Morgan fingerprint density at radius 3 is 2.50 bits per heavy atom. The van der Waals surface area contributed by atoms with Gasteiger partial charge >= 0.3 is 5.92 Å². The Hall–Kier alpha value is -0.420. The van der Waals surface area contributed by atoms with E-state index in [4.69, 9.17) is 9.84 Å². The maximum Gasteiger partial charge on any atom is 0.314 e. The largest absolute Gasteiger partial charge is 0.394 e. The molecule has 0 amide bonds. The minimum atomic E-state index is -3.61. The molecule has 0 radical (unpaired) electrons. The van der Waals surface area contributed by atoms with Crippen LogP contribution in [-0.4, -0.2) is 75.4 Å². The Morgan fingerprint density at radius 1 is 1.33 bits per heavy atom. The van der Waals surface area contributed by atoms with Crippen molar-refractivity contribution in [1.29, 1.82) is 0 Å². The Kier molecular flexibility index (Phi) is 3.83. The zero-order valence-corrected chi connectivity index (χ0v) is 9.41. The maximum atomic E-state index is 13.8. The summed E-state index contributed by atoms with van der Waals surface area (Å²) in [6.07, 6.45) is -7.73. The molecule has 2 heterocycles. The molecule has 0 aromatic heterocycles. The summed E-state index contributed by atoms with van der Waals surface area (Å²) >= 11 is 0. The van der Waals surface area contributed by atoms with Crippen molar-refractivity contribution in [2.45, 2.75) is 43.4 Å². The van der Waals surface area contributed by atoms with Crippen LogP contribution < -0.4 is 5.32 Å². The average molecular weight is 270 g/mol. The fourth-order valence-electron chi connectivity index (χ4n) is 2.16. The number of hydrogen-bond acceptors (Lipinski definition) is 7. The summed E-state index contributed by atoms with van der Waals surface area (Å²) < 4.78 is 32.4. The molecule has 2 aliphatic heterocycles. The van der Waals surface area contributed by atoms with Gasteiger partial charge in [0.05, 0.1) is 6.61 Å². The van der Waals surface area contributed by atoms with Gasteiger partial charge in [0.25, 0.3) is 0 Å².